The molecule has 0 saturated heterocycles. The van der Waals surface area contributed by atoms with Gasteiger partial charge in [-0.3, -0.25) is 14.4 Å². The summed E-state index contributed by atoms with van der Waals surface area (Å²) in [7, 11) is 1.68. The van der Waals surface area contributed by atoms with E-state index >= 15 is 0 Å². The Balaban J connectivity index is 0.000000394. The van der Waals surface area contributed by atoms with Crippen molar-refractivity contribution in [1.82, 2.24) is 5.32 Å². The number of rotatable bonds is 10. The zero-order valence-electron chi connectivity index (χ0n) is 26.9. The van der Waals surface area contributed by atoms with Gasteiger partial charge in [0.25, 0.3) is 0 Å². The maximum atomic E-state index is 11.7. The summed E-state index contributed by atoms with van der Waals surface area (Å²) in [4.78, 5) is 34.1. The van der Waals surface area contributed by atoms with Crippen molar-refractivity contribution in [2.24, 2.45) is 11.5 Å². The molecule has 0 unspecified atom stereocenters. The minimum Gasteiger partial charge on any atom is -0.496 e. The van der Waals surface area contributed by atoms with E-state index < -0.39 is 17.9 Å². The quantitative estimate of drug-likeness (QED) is 0.188. The summed E-state index contributed by atoms with van der Waals surface area (Å²) < 4.78 is 5.67. The summed E-state index contributed by atoms with van der Waals surface area (Å²) in [6.45, 7) is 18.0. The molecule has 5 N–H and O–H groups in total. The fraction of sp³-hybridized carbons (Fsp3) is 0.361. The second-order valence-electron chi connectivity index (χ2n) is 11.8. The highest BCUT2D eigenvalue weighted by molar-refractivity contribution is 5.93. The number of primary amides is 2. The van der Waals surface area contributed by atoms with E-state index in [1.807, 2.05) is 79.7 Å². The van der Waals surface area contributed by atoms with Crippen molar-refractivity contribution in [2.75, 3.05) is 7.11 Å². The molecule has 1 atom stereocenters. The van der Waals surface area contributed by atoms with Crippen molar-refractivity contribution < 1.29 is 19.1 Å². The van der Waals surface area contributed by atoms with Crippen molar-refractivity contribution in [1.29, 1.82) is 0 Å². The van der Waals surface area contributed by atoms with Gasteiger partial charge in [0.15, 0.2) is 0 Å². The van der Waals surface area contributed by atoms with Crippen LogP contribution in [0.4, 0.5) is 0 Å². The molecule has 3 amide bonds. The third kappa shape index (κ3) is 10.4. The first-order chi connectivity index (χ1) is 20.2. The van der Waals surface area contributed by atoms with E-state index in [0.29, 0.717) is 12.0 Å². The smallest absolute Gasteiger partial charge is 0.248 e. The Morgan fingerprint density at radius 3 is 1.67 bits per heavy atom. The number of hydrogen-bond donors (Lipinski definition) is 3. The Labute approximate surface area is 257 Å². The minimum atomic E-state index is -0.780. The van der Waals surface area contributed by atoms with Gasteiger partial charge in [-0.2, -0.15) is 0 Å². The number of carbonyl (C=O) groups excluding carboxylic acids is 3. The highest BCUT2D eigenvalue weighted by Crippen LogP contribution is 2.41. The molecule has 3 rings (SSSR count). The molecule has 0 bridgehead atoms. The molecule has 0 radical (unpaired) electrons. The van der Waals surface area contributed by atoms with Crippen LogP contribution in [0.1, 0.15) is 93.4 Å². The molecule has 0 aromatic heterocycles. The average Bonchev–Trinajstić information content (AvgIpc) is 2.97. The van der Waals surface area contributed by atoms with Crippen LogP contribution in [-0.2, 0) is 20.4 Å². The molecule has 3 aromatic carbocycles. The predicted octanol–water partition coefficient (Wildman–Crippen LogP) is 6.39. The van der Waals surface area contributed by atoms with Gasteiger partial charge in [0.1, 0.15) is 11.8 Å². The standard InChI is InChI=1S/C17H27NO2.C16H16N2O2.C3H6/c1-8-17(5,6)13-10-11(15(18)19)9-12(14(13)20-7)16(2,3)4;17-16(20)15(18-11-19)14(12-7-3-1-4-8-12)13-9-5-2-6-10-13;1-3-2/h9-10H,8H2,1-7H3,(H2,18,19);1-11,14-15H,(H2,17,20)(H,18,19);3H,1H2,2H3/t;15-;/m.0./s1. The summed E-state index contributed by atoms with van der Waals surface area (Å²) in [6, 6.07) is 22.0. The fourth-order valence-electron chi connectivity index (χ4n) is 4.56. The molecule has 0 aliphatic carbocycles. The van der Waals surface area contributed by atoms with Crippen LogP contribution in [0, 0.1) is 0 Å². The van der Waals surface area contributed by atoms with Crippen molar-refractivity contribution in [2.45, 2.75) is 77.7 Å². The molecule has 0 saturated carbocycles. The van der Waals surface area contributed by atoms with Crippen LogP contribution >= 0.6 is 0 Å². The number of methoxy groups -OCH3 is 1. The normalized spacial score (nSPS) is 11.6. The number of allylic oxidation sites excluding steroid dienone is 1. The monoisotopic (exact) mass is 587 g/mol. The lowest BCUT2D eigenvalue weighted by molar-refractivity contribution is -0.123. The highest BCUT2D eigenvalue weighted by atomic mass is 16.5. The van der Waals surface area contributed by atoms with Crippen LogP contribution < -0.4 is 21.5 Å². The molecule has 43 heavy (non-hydrogen) atoms. The maximum Gasteiger partial charge on any atom is 0.248 e. The van der Waals surface area contributed by atoms with E-state index in [-0.39, 0.29) is 16.7 Å². The van der Waals surface area contributed by atoms with Gasteiger partial charge in [-0.1, -0.05) is 108 Å². The first-order valence-electron chi connectivity index (χ1n) is 14.4. The Hall–Kier alpha value is -4.39. The van der Waals surface area contributed by atoms with E-state index in [9.17, 15) is 14.4 Å². The van der Waals surface area contributed by atoms with Gasteiger partial charge in [-0.25, -0.2) is 0 Å². The van der Waals surface area contributed by atoms with Crippen molar-refractivity contribution in [3.63, 3.8) is 0 Å². The van der Waals surface area contributed by atoms with Crippen molar-refractivity contribution >= 4 is 18.2 Å². The first-order valence-corrected chi connectivity index (χ1v) is 14.4. The number of hydrogen-bond acceptors (Lipinski definition) is 4. The van der Waals surface area contributed by atoms with Gasteiger partial charge in [0.2, 0.25) is 18.2 Å². The summed E-state index contributed by atoms with van der Waals surface area (Å²) in [6.07, 6.45) is 3.21. The average molecular weight is 588 g/mol. The molecule has 7 nitrogen and oxygen atoms in total. The van der Waals surface area contributed by atoms with Crippen LogP contribution in [0.25, 0.3) is 0 Å². The van der Waals surface area contributed by atoms with Crippen LogP contribution in [0.5, 0.6) is 5.75 Å². The minimum absolute atomic E-state index is 0.0726. The SMILES string of the molecule is C=CC.CCC(C)(C)c1cc(C(N)=O)cc(C(C)(C)C)c1OC.NC(=O)[C@@H](NC=O)C(c1ccccc1)c1ccccc1. The predicted molar refractivity (Wildman–Crippen MR) is 176 cm³/mol. The van der Waals surface area contributed by atoms with E-state index in [1.54, 1.807) is 13.2 Å². The van der Waals surface area contributed by atoms with Crippen molar-refractivity contribution in [3.8, 4) is 5.75 Å². The van der Waals surface area contributed by atoms with Gasteiger partial charge in [0.05, 0.1) is 7.11 Å². The van der Waals surface area contributed by atoms with E-state index in [2.05, 4.69) is 53.4 Å². The Morgan fingerprint density at radius 1 is 0.907 bits per heavy atom. The summed E-state index contributed by atoms with van der Waals surface area (Å²) in [5, 5.41) is 2.52. The molecule has 3 aromatic rings. The zero-order chi connectivity index (χ0) is 32.8. The third-order valence-corrected chi connectivity index (χ3v) is 7.20. The number of carbonyl (C=O) groups is 3. The van der Waals surface area contributed by atoms with Crippen LogP contribution in [-0.4, -0.2) is 31.4 Å². The number of nitrogens with two attached hydrogens (primary N) is 2. The first kappa shape index (κ1) is 36.6. The van der Waals surface area contributed by atoms with Crippen LogP contribution in [0.3, 0.4) is 0 Å². The molecule has 0 fully saturated rings. The number of benzene rings is 3. The lowest BCUT2D eigenvalue weighted by Gasteiger charge is -2.31. The molecule has 0 spiro atoms. The molecular weight excluding hydrogens is 538 g/mol. The summed E-state index contributed by atoms with van der Waals surface area (Å²) in [5.41, 5.74) is 15.2. The summed E-state index contributed by atoms with van der Waals surface area (Å²) in [5.74, 6) is -0.393. The number of nitrogens with one attached hydrogen (secondary N) is 1. The van der Waals surface area contributed by atoms with E-state index in [1.165, 1.54) is 0 Å². The second kappa shape index (κ2) is 16.9. The number of amides is 3. The Bertz CT molecular complexity index is 1290. The lowest BCUT2D eigenvalue weighted by Crippen LogP contribution is -2.45. The van der Waals surface area contributed by atoms with Gasteiger partial charge in [0, 0.05) is 22.6 Å². The largest absolute Gasteiger partial charge is 0.496 e. The van der Waals surface area contributed by atoms with E-state index in [0.717, 1.165) is 34.4 Å². The zero-order valence-corrected chi connectivity index (χ0v) is 26.9. The highest BCUT2D eigenvalue weighted by Gasteiger charge is 2.30. The fourth-order valence-corrected chi connectivity index (χ4v) is 4.56. The second-order valence-corrected chi connectivity index (χ2v) is 11.8. The lowest BCUT2D eigenvalue weighted by atomic mass is 9.76. The molecule has 0 heterocycles. The summed E-state index contributed by atoms with van der Waals surface area (Å²) >= 11 is 0. The molecule has 7 heteroatoms. The van der Waals surface area contributed by atoms with Gasteiger partial charge in [-0.05, 0) is 47.4 Å². The Kier molecular flexibility index (Phi) is 14.4. The maximum absolute atomic E-state index is 11.7. The van der Waals surface area contributed by atoms with Crippen LogP contribution in [0.15, 0.2) is 85.5 Å². The Morgan fingerprint density at radius 2 is 1.35 bits per heavy atom. The van der Waals surface area contributed by atoms with E-state index in [4.69, 9.17) is 16.2 Å². The number of ether oxygens (including phenoxy) is 1. The van der Waals surface area contributed by atoms with Gasteiger partial charge >= 0.3 is 0 Å². The van der Waals surface area contributed by atoms with Crippen LogP contribution in [0.2, 0.25) is 0 Å². The molecule has 0 aliphatic heterocycles. The third-order valence-electron chi connectivity index (χ3n) is 7.20. The molecule has 0 aliphatic rings. The van der Waals surface area contributed by atoms with Crippen molar-refractivity contribution in [3.05, 3.63) is 113 Å². The molecule has 232 valence electrons. The topological polar surface area (TPSA) is 125 Å². The molecular formula is C36H49N3O4. The van der Waals surface area contributed by atoms with Gasteiger partial charge in [-0.15, -0.1) is 6.58 Å². The van der Waals surface area contributed by atoms with Gasteiger partial charge < -0.3 is 21.5 Å².